The van der Waals surface area contributed by atoms with Crippen molar-refractivity contribution in [3.8, 4) is 0 Å². The molecule has 0 saturated carbocycles. The molecule has 0 aliphatic carbocycles. The lowest BCUT2D eigenvalue weighted by Crippen LogP contribution is -2.13. The Morgan fingerprint density at radius 3 is 2.46 bits per heavy atom. The SMILES string of the molecule is NS(=O)(=O)c1ccc(NCCSc2ccc(Br)cc2)c([N+](=O)[O-])c1. The molecule has 0 bridgehead atoms. The molecule has 2 aromatic carbocycles. The topological polar surface area (TPSA) is 115 Å². The van der Waals surface area contributed by atoms with E-state index in [9.17, 15) is 18.5 Å². The molecule has 24 heavy (non-hydrogen) atoms. The minimum atomic E-state index is -3.98. The van der Waals surface area contributed by atoms with Gasteiger partial charge in [0.25, 0.3) is 5.69 Å². The number of nitro groups is 1. The second-order valence-electron chi connectivity index (χ2n) is 4.71. The van der Waals surface area contributed by atoms with Gasteiger partial charge < -0.3 is 5.32 Å². The Bertz CT molecular complexity index is 842. The molecule has 10 heteroatoms. The van der Waals surface area contributed by atoms with Crippen molar-refractivity contribution in [3.63, 3.8) is 0 Å². The van der Waals surface area contributed by atoms with E-state index in [-0.39, 0.29) is 16.3 Å². The average molecular weight is 432 g/mol. The zero-order valence-corrected chi connectivity index (χ0v) is 15.5. The summed E-state index contributed by atoms with van der Waals surface area (Å²) < 4.78 is 23.6. The Hall–Kier alpha value is -1.62. The van der Waals surface area contributed by atoms with Gasteiger partial charge in [0.15, 0.2) is 0 Å². The minimum Gasteiger partial charge on any atom is -0.379 e. The summed E-state index contributed by atoms with van der Waals surface area (Å²) >= 11 is 4.96. The number of hydrogen-bond acceptors (Lipinski definition) is 6. The van der Waals surface area contributed by atoms with Crippen LogP contribution in [0.1, 0.15) is 0 Å². The smallest absolute Gasteiger partial charge is 0.293 e. The molecule has 3 N–H and O–H groups in total. The zero-order chi connectivity index (χ0) is 17.7. The van der Waals surface area contributed by atoms with Gasteiger partial charge in [0, 0.05) is 27.7 Å². The van der Waals surface area contributed by atoms with Gasteiger partial charge in [-0.25, -0.2) is 13.6 Å². The standard InChI is InChI=1S/C14H14BrN3O4S2/c15-10-1-3-11(4-2-10)23-8-7-17-13-6-5-12(24(16,21)22)9-14(13)18(19)20/h1-6,9,17H,7-8H2,(H2,16,21,22). The Morgan fingerprint density at radius 2 is 1.88 bits per heavy atom. The average Bonchev–Trinajstić information content (AvgIpc) is 2.52. The van der Waals surface area contributed by atoms with Crippen LogP contribution >= 0.6 is 27.7 Å². The molecule has 0 aromatic heterocycles. The lowest BCUT2D eigenvalue weighted by atomic mass is 10.2. The monoisotopic (exact) mass is 431 g/mol. The number of nitrogens with two attached hydrogens (primary N) is 1. The number of thioether (sulfide) groups is 1. The fourth-order valence-corrected chi connectivity index (χ4v) is 3.44. The summed E-state index contributed by atoms with van der Waals surface area (Å²) in [6, 6.07) is 11.4. The number of halogens is 1. The van der Waals surface area contributed by atoms with E-state index in [1.54, 1.807) is 11.8 Å². The number of benzene rings is 2. The van der Waals surface area contributed by atoms with Crippen LogP contribution in [-0.2, 0) is 10.0 Å². The summed E-state index contributed by atoms with van der Waals surface area (Å²) in [5.74, 6) is 0.690. The molecule has 0 amide bonds. The Kier molecular flexibility index (Phi) is 6.21. The Labute approximate surface area is 152 Å². The second kappa shape index (κ2) is 7.97. The van der Waals surface area contributed by atoms with Gasteiger partial charge in [-0.1, -0.05) is 15.9 Å². The van der Waals surface area contributed by atoms with E-state index in [1.807, 2.05) is 24.3 Å². The van der Waals surface area contributed by atoms with E-state index in [2.05, 4.69) is 21.2 Å². The molecular formula is C14H14BrN3O4S2. The normalized spacial score (nSPS) is 11.2. The maximum Gasteiger partial charge on any atom is 0.293 e. The van der Waals surface area contributed by atoms with Crippen LogP contribution < -0.4 is 10.5 Å². The first kappa shape index (κ1) is 18.7. The van der Waals surface area contributed by atoms with Gasteiger partial charge in [0.05, 0.1) is 9.82 Å². The van der Waals surface area contributed by atoms with Crippen molar-refractivity contribution in [2.45, 2.75) is 9.79 Å². The van der Waals surface area contributed by atoms with Crippen molar-refractivity contribution in [3.05, 3.63) is 57.1 Å². The summed E-state index contributed by atoms with van der Waals surface area (Å²) in [5, 5.41) is 19.0. The predicted octanol–water partition coefficient (Wildman–Crippen LogP) is 3.21. The van der Waals surface area contributed by atoms with Gasteiger partial charge >= 0.3 is 0 Å². The summed E-state index contributed by atoms with van der Waals surface area (Å²) in [4.78, 5) is 11.3. The van der Waals surface area contributed by atoms with Crippen LogP contribution in [0.4, 0.5) is 11.4 Å². The highest BCUT2D eigenvalue weighted by Gasteiger charge is 2.18. The zero-order valence-electron chi connectivity index (χ0n) is 12.3. The number of anilines is 1. The molecule has 2 aromatic rings. The lowest BCUT2D eigenvalue weighted by Gasteiger charge is -2.08. The van der Waals surface area contributed by atoms with Gasteiger partial charge in [0.2, 0.25) is 10.0 Å². The van der Waals surface area contributed by atoms with Crippen molar-refractivity contribution in [2.24, 2.45) is 5.14 Å². The molecule has 0 fully saturated rings. The molecule has 0 spiro atoms. The van der Waals surface area contributed by atoms with Crippen molar-refractivity contribution in [2.75, 3.05) is 17.6 Å². The number of primary sulfonamides is 1. The minimum absolute atomic E-state index is 0.254. The highest BCUT2D eigenvalue weighted by molar-refractivity contribution is 9.10. The van der Waals surface area contributed by atoms with Gasteiger partial charge in [-0.05, 0) is 36.4 Å². The third-order valence-electron chi connectivity index (χ3n) is 2.99. The second-order valence-corrected chi connectivity index (χ2v) is 8.36. The fraction of sp³-hybridized carbons (Fsp3) is 0.143. The summed E-state index contributed by atoms with van der Waals surface area (Å²) in [6.07, 6.45) is 0. The lowest BCUT2D eigenvalue weighted by molar-refractivity contribution is -0.384. The molecule has 128 valence electrons. The summed E-state index contributed by atoms with van der Waals surface area (Å²) in [5.41, 5.74) is -0.0704. The highest BCUT2D eigenvalue weighted by Crippen LogP contribution is 2.27. The number of nitro benzene ring substituents is 1. The van der Waals surface area contributed by atoms with E-state index < -0.39 is 14.9 Å². The van der Waals surface area contributed by atoms with E-state index in [0.717, 1.165) is 15.4 Å². The molecule has 0 aliphatic heterocycles. The Morgan fingerprint density at radius 1 is 1.21 bits per heavy atom. The van der Waals surface area contributed by atoms with Gasteiger partial charge in [-0.3, -0.25) is 10.1 Å². The highest BCUT2D eigenvalue weighted by atomic mass is 79.9. The first-order valence-electron chi connectivity index (χ1n) is 6.71. The first-order chi connectivity index (χ1) is 11.3. The number of nitrogens with one attached hydrogen (secondary N) is 1. The van der Waals surface area contributed by atoms with Crippen molar-refractivity contribution in [1.82, 2.24) is 0 Å². The van der Waals surface area contributed by atoms with E-state index in [4.69, 9.17) is 5.14 Å². The first-order valence-corrected chi connectivity index (χ1v) is 10.0. The van der Waals surface area contributed by atoms with Crippen molar-refractivity contribution in [1.29, 1.82) is 0 Å². The van der Waals surface area contributed by atoms with Gasteiger partial charge in [-0.2, -0.15) is 0 Å². The quantitative estimate of drug-likeness (QED) is 0.301. The summed E-state index contributed by atoms with van der Waals surface area (Å²) in [7, 11) is -3.98. The van der Waals surface area contributed by atoms with Crippen LogP contribution in [0.2, 0.25) is 0 Å². The molecule has 0 unspecified atom stereocenters. The molecule has 0 atom stereocenters. The van der Waals surface area contributed by atoms with Crippen LogP contribution in [0, 0.1) is 10.1 Å². The van der Waals surface area contributed by atoms with Gasteiger partial charge in [-0.15, -0.1) is 11.8 Å². The maximum absolute atomic E-state index is 11.3. The fourth-order valence-electron chi connectivity index (χ4n) is 1.87. The molecular weight excluding hydrogens is 418 g/mol. The van der Waals surface area contributed by atoms with Crippen molar-refractivity contribution >= 4 is 49.1 Å². The molecule has 0 saturated heterocycles. The predicted molar refractivity (Wildman–Crippen MR) is 97.8 cm³/mol. The van der Waals surface area contributed by atoms with E-state index in [0.29, 0.717) is 12.3 Å². The number of sulfonamides is 1. The molecule has 7 nitrogen and oxygen atoms in total. The Balaban J connectivity index is 2.01. The van der Waals surface area contributed by atoms with Crippen LogP contribution in [0.25, 0.3) is 0 Å². The van der Waals surface area contributed by atoms with E-state index >= 15 is 0 Å². The third-order valence-corrected chi connectivity index (χ3v) is 5.45. The van der Waals surface area contributed by atoms with Crippen molar-refractivity contribution < 1.29 is 13.3 Å². The largest absolute Gasteiger partial charge is 0.379 e. The van der Waals surface area contributed by atoms with Crippen LogP contribution in [0.3, 0.4) is 0 Å². The summed E-state index contributed by atoms with van der Waals surface area (Å²) in [6.45, 7) is 0.482. The number of hydrogen-bond donors (Lipinski definition) is 2. The third kappa shape index (κ3) is 5.20. The maximum atomic E-state index is 11.3. The molecule has 0 radical (unpaired) electrons. The number of nitrogens with zero attached hydrogens (tertiary/aromatic N) is 1. The number of rotatable bonds is 7. The van der Waals surface area contributed by atoms with Crippen LogP contribution in [-0.4, -0.2) is 25.6 Å². The molecule has 0 heterocycles. The van der Waals surface area contributed by atoms with Gasteiger partial charge in [0.1, 0.15) is 5.69 Å². The molecule has 0 aliphatic rings. The van der Waals surface area contributed by atoms with Crippen LogP contribution in [0.5, 0.6) is 0 Å². The van der Waals surface area contributed by atoms with E-state index in [1.165, 1.54) is 12.1 Å². The van der Waals surface area contributed by atoms with Crippen LogP contribution in [0.15, 0.2) is 56.7 Å². The molecule has 2 rings (SSSR count).